The highest BCUT2D eigenvalue weighted by Crippen LogP contribution is 2.40. The lowest BCUT2D eigenvalue weighted by Gasteiger charge is -2.37. The van der Waals surface area contributed by atoms with Crippen molar-refractivity contribution in [3.8, 4) is 5.75 Å². The van der Waals surface area contributed by atoms with Crippen LogP contribution in [0.5, 0.6) is 5.75 Å². The Morgan fingerprint density at radius 3 is 2.12 bits per heavy atom. The first-order valence-corrected chi connectivity index (χ1v) is 9.54. The summed E-state index contributed by atoms with van der Waals surface area (Å²) >= 11 is 0. The standard InChI is InChI=1S/C23H33NO2/c1-17(2)24(18(3)4)14-13-23(5,20-9-7-6-8-10-20)21-15-19(16-25)11-12-22(21)26/h6-12,15,17-18,25-26H,13-14,16H2,1-5H3. The van der Waals surface area contributed by atoms with Gasteiger partial charge in [0.25, 0.3) is 0 Å². The van der Waals surface area contributed by atoms with E-state index >= 15 is 0 Å². The van der Waals surface area contributed by atoms with Crippen molar-refractivity contribution < 1.29 is 10.2 Å². The number of hydrogen-bond donors (Lipinski definition) is 2. The van der Waals surface area contributed by atoms with Crippen LogP contribution >= 0.6 is 0 Å². The van der Waals surface area contributed by atoms with Crippen LogP contribution in [-0.4, -0.2) is 33.7 Å². The van der Waals surface area contributed by atoms with Crippen molar-refractivity contribution in [2.24, 2.45) is 0 Å². The number of hydrogen-bond acceptors (Lipinski definition) is 3. The number of phenolic OH excluding ortho intramolecular Hbond substituents is 1. The van der Waals surface area contributed by atoms with Crippen molar-refractivity contribution in [2.45, 2.75) is 65.1 Å². The van der Waals surface area contributed by atoms with E-state index in [9.17, 15) is 10.2 Å². The van der Waals surface area contributed by atoms with Gasteiger partial charge in [-0.1, -0.05) is 43.3 Å². The number of aromatic hydroxyl groups is 1. The first-order chi connectivity index (χ1) is 12.3. The van der Waals surface area contributed by atoms with Crippen LogP contribution in [0.3, 0.4) is 0 Å². The Morgan fingerprint density at radius 2 is 1.58 bits per heavy atom. The summed E-state index contributed by atoms with van der Waals surface area (Å²) in [5.74, 6) is 0.286. The summed E-state index contributed by atoms with van der Waals surface area (Å²) in [6.45, 7) is 12.0. The predicted octanol–water partition coefficient (Wildman–Crippen LogP) is 4.70. The fraction of sp³-hybridized carbons (Fsp3) is 0.478. The average Bonchev–Trinajstić information content (AvgIpc) is 2.62. The first-order valence-electron chi connectivity index (χ1n) is 9.54. The van der Waals surface area contributed by atoms with E-state index in [2.05, 4.69) is 51.7 Å². The number of rotatable bonds is 8. The maximum atomic E-state index is 10.6. The molecule has 0 fully saturated rings. The minimum atomic E-state index is -0.335. The molecule has 0 amide bonds. The molecule has 0 aliphatic carbocycles. The third-order valence-electron chi connectivity index (χ3n) is 5.45. The van der Waals surface area contributed by atoms with E-state index in [4.69, 9.17) is 0 Å². The second kappa shape index (κ2) is 8.70. The van der Waals surface area contributed by atoms with Gasteiger partial charge in [0.15, 0.2) is 0 Å². The Hall–Kier alpha value is -1.84. The summed E-state index contributed by atoms with van der Waals surface area (Å²) < 4.78 is 0. The van der Waals surface area contributed by atoms with E-state index < -0.39 is 0 Å². The zero-order valence-electron chi connectivity index (χ0n) is 16.7. The number of phenols is 1. The van der Waals surface area contributed by atoms with Crippen molar-refractivity contribution in [3.63, 3.8) is 0 Å². The molecule has 142 valence electrons. The molecule has 26 heavy (non-hydrogen) atoms. The van der Waals surface area contributed by atoms with Gasteiger partial charge in [0.05, 0.1) is 6.61 Å². The smallest absolute Gasteiger partial charge is 0.119 e. The van der Waals surface area contributed by atoms with Gasteiger partial charge in [0.1, 0.15) is 5.75 Å². The monoisotopic (exact) mass is 355 g/mol. The third-order valence-corrected chi connectivity index (χ3v) is 5.45. The highest BCUT2D eigenvalue weighted by molar-refractivity contribution is 5.47. The third kappa shape index (κ3) is 4.46. The van der Waals surface area contributed by atoms with Gasteiger partial charge in [-0.05, 0) is 63.9 Å². The summed E-state index contributed by atoms with van der Waals surface area (Å²) in [5, 5.41) is 20.2. The largest absolute Gasteiger partial charge is 0.508 e. The summed E-state index contributed by atoms with van der Waals surface area (Å²) in [6.07, 6.45) is 0.885. The van der Waals surface area contributed by atoms with E-state index in [-0.39, 0.29) is 17.8 Å². The molecule has 0 radical (unpaired) electrons. The predicted molar refractivity (Wildman–Crippen MR) is 109 cm³/mol. The maximum absolute atomic E-state index is 10.6. The second-order valence-corrected chi connectivity index (χ2v) is 7.88. The van der Waals surface area contributed by atoms with Crippen molar-refractivity contribution in [2.75, 3.05) is 6.54 Å². The second-order valence-electron chi connectivity index (χ2n) is 7.88. The average molecular weight is 356 g/mol. The fourth-order valence-corrected chi connectivity index (χ4v) is 3.83. The first kappa shape index (κ1) is 20.5. The minimum Gasteiger partial charge on any atom is -0.508 e. The van der Waals surface area contributed by atoms with Crippen molar-refractivity contribution in [1.29, 1.82) is 0 Å². The molecule has 2 N–H and O–H groups in total. The Kier molecular flexibility index (Phi) is 6.85. The SMILES string of the molecule is CC(C)N(CCC(C)(c1ccccc1)c1cc(CO)ccc1O)C(C)C. The lowest BCUT2D eigenvalue weighted by Crippen LogP contribution is -2.40. The molecule has 1 unspecified atom stereocenters. The van der Waals surface area contributed by atoms with E-state index in [0.29, 0.717) is 12.1 Å². The molecule has 0 heterocycles. The summed E-state index contributed by atoms with van der Waals surface area (Å²) in [7, 11) is 0. The number of benzene rings is 2. The van der Waals surface area contributed by atoms with Crippen LogP contribution in [0.4, 0.5) is 0 Å². The molecule has 3 heteroatoms. The molecule has 1 atom stereocenters. The van der Waals surface area contributed by atoms with Crippen LogP contribution in [0, 0.1) is 0 Å². The Bertz CT molecular complexity index is 689. The van der Waals surface area contributed by atoms with Gasteiger partial charge in [-0.15, -0.1) is 0 Å². The van der Waals surface area contributed by atoms with Gasteiger partial charge in [-0.3, -0.25) is 4.90 Å². The molecule has 0 aliphatic rings. The van der Waals surface area contributed by atoms with Gasteiger partial charge >= 0.3 is 0 Å². The molecular weight excluding hydrogens is 322 g/mol. The zero-order valence-corrected chi connectivity index (χ0v) is 16.7. The Morgan fingerprint density at radius 1 is 0.962 bits per heavy atom. The molecule has 0 aromatic heterocycles. The van der Waals surface area contributed by atoms with E-state index in [0.717, 1.165) is 24.1 Å². The zero-order chi connectivity index (χ0) is 19.3. The van der Waals surface area contributed by atoms with Gasteiger partial charge in [0.2, 0.25) is 0 Å². The highest BCUT2D eigenvalue weighted by atomic mass is 16.3. The lowest BCUT2D eigenvalue weighted by molar-refractivity contribution is 0.162. The number of aliphatic hydroxyl groups excluding tert-OH is 1. The molecule has 0 aliphatic heterocycles. The minimum absolute atomic E-state index is 0.0255. The molecule has 2 aromatic carbocycles. The van der Waals surface area contributed by atoms with E-state index in [1.807, 2.05) is 24.3 Å². The van der Waals surface area contributed by atoms with Crippen molar-refractivity contribution in [3.05, 3.63) is 65.2 Å². The van der Waals surface area contributed by atoms with E-state index in [1.54, 1.807) is 12.1 Å². The lowest BCUT2D eigenvalue weighted by atomic mass is 9.72. The van der Waals surface area contributed by atoms with Crippen LogP contribution in [0.2, 0.25) is 0 Å². The molecule has 0 bridgehead atoms. The topological polar surface area (TPSA) is 43.7 Å². The molecular formula is C23H33NO2. The van der Waals surface area contributed by atoms with Crippen molar-refractivity contribution >= 4 is 0 Å². The van der Waals surface area contributed by atoms with Crippen LogP contribution < -0.4 is 0 Å². The molecule has 0 saturated carbocycles. The normalized spacial score (nSPS) is 14.2. The van der Waals surface area contributed by atoms with Crippen molar-refractivity contribution in [1.82, 2.24) is 4.90 Å². The van der Waals surface area contributed by atoms with Gasteiger partial charge in [-0.2, -0.15) is 0 Å². The van der Waals surface area contributed by atoms with Crippen LogP contribution in [0.25, 0.3) is 0 Å². The van der Waals surface area contributed by atoms with Crippen LogP contribution in [0.1, 0.15) is 57.7 Å². The van der Waals surface area contributed by atoms with Crippen LogP contribution in [-0.2, 0) is 12.0 Å². The van der Waals surface area contributed by atoms with Gasteiger partial charge in [0, 0.05) is 23.1 Å². The molecule has 2 aromatic rings. The van der Waals surface area contributed by atoms with E-state index in [1.165, 1.54) is 5.56 Å². The summed E-state index contributed by atoms with van der Waals surface area (Å²) in [5.41, 5.74) is 2.54. The van der Waals surface area contributed by atoms with Gasteiger partial charge < -0.3 is 10.2 Å². The molecule has 3 nitrogen and oxygen atoms in total. The fourth-order valence-electron chi connectivity index (χ4n) is 3.83. The summed E-state index contributed by atoms with van der Waals surface area (Å²) in [6, 6.07) is 16.7. The van der Waals surface area contributed by atoms with Crippen LogP contribution in [0.15, 0.2) is 48.5 Å². The Balaban J connectivity index is 2.47. The molecule has 2 rings (SSSR count). The van der Waals surface area contributed by atoms with Gasteiger partial charge in [-0.25, -0.2) is 0 Å². The Labute approximate surface area is 158 Å². The highest BCUT2D eigenvalue weighted by Gasteiger charge is 2.32. The maximum Gasteiger partial charge on any atom is 0.119 e. The number of nitrogens with zero attached hydrogens (tertiary/aromatic N) is 1. The number of aliphatic hydroxyl groups is 1. The summed E-state index contributed by atoms with van der Waals surface area (Å²) in [4.78, 5) is 2.48. The molecule has 0 spiro atoms. The quantitative estimate of drug-likeness (QED) is 0.721. The molecule has 0 saturated heterocycles.